The highest BCUT2D eigenvalue weighted by atomic mass is 32.2. The van der Waals surface area contributed by atoms with Gasteiger partial charge in [-0.05, 0) is 81.3 Å². The lowest BCUT2D eigenvalue weighted by Gasteiger charge is -2.33. The molecule has 0 spiro atoms. The molecule has 3 aromatic rings. The van der Waals surface area contributed by atoms with Crippen LogP contribution in [-0.2, 0) is 26.2 Å². The zero-order valence-electron chi connectivity index (χ0n) is 23.4. The number of hydrogen-bond acceptors (Lipinski definition) is 5. The summed E-state index contributed by atoms with van der Waals surface area (Å²) < 4.78 is 47.5. The molecule has 0 aliphatic carbocycles. The third-order valence-electron chi connectivity index (χ3n) is 6.33. The molecular weight excluding hydrogens is 533 g/mol. The molecule has 2 amide bonds. The first-order valence-corrected chi connectivity index (χ1v) is 14.5. The molecule has 0 unspecified atom stereocenters. The maximum atomic E-state index is 14.0. The van der Waals surface area contributed by atoms with Crippen LogP contribution in [0, 0.1) is 12.7 Å². The zero-order valence-corrected chi connectivity index (χ0v) is 24.2. The molecule has 3 aromatic carbocycles. The van der Waals surface area contributed by atoms with E-state index in [0.717, 1.165) is 9.87 Å². The fourth-order valence-corrected chi connectivity index (χ4v) is 5.62. The number of carbonyl (C=O) groups excluding carboxylic acids is 2. The minimum Gasteiger partial charge on any atom is -0.497 e. The van der Waals surface area contributed by atoms with Crippen molar-refractivity contribution in [1.82, 2.24) is 10.2 Å². The number of ether oxygens (including phenoxy) is 1. The fourth-order valence-electron chi connectivity index (χ4n) is 4.20. The number of nitrogens with one attached hydrogen (secondary N) is 1. The highest BCUT2D eigenvalue weighted by Crippen LogP contribution is 2.26. The Morgan fingerprint density at radius 2 is 1.55 bits per heavy atom. The van der Waals surface area contributed by atoms with Crippen LogP contribution in [0.5, 0.6) is 5.75 Å². The number of methoxy groups -OCH3 is 1. The van der Waals surface area contributed by atoms with Gasteiger partial charge in [-0.2, -0.15) is 0 Å². The predicted molar refractivity (Wildman–Crippen MR) is 153 cm³/mol. The number of carbonyl (C=O) groups is 2. The third-order valence-corrected chi connectivity index (χ3v) is 8.12. The van der Waals surface area contributed by atoms with E-state index in [1.807, 2.05) is 20.8 Å². The SMILES string of the molecule is CC[C@H](C(=O)NC(C)C)N(Cc1ccc(F)cc1)C(=O)CN(c1ccc(C)cc1)S(=O)(=O)c1ccc(OC)cc1. The molecular formula is C30H36FN3O5S. The van der Waals surface area contributed by atoms with Gasteiger partial charge < -0.3 is 15.0 Å². The van der Waals surface area contributed by atoms with E-state index in [0.29, 0.717) is 23.4 Å². The summed E-state index contributed by atoms with van der Waals surface area (Å²) in [4.78, 5) is 28.5. The Morgan fingerprint density at radius 3 is 2.08 bits per heavy atom. The minimum absolute atomic E-state index is 0.00649. The maximum absolute atomic E-state index is 14.0. The Kier molecular flexibility index (Phi) is 10.3. The van der Waals surface area contributed by atoms with Crippen molar-refractivity contribution < 1.29 is 27.1 Å². The molecule has 0 aliphatic heterocycles. The van der Waals surface area contributed by atoms with E-state index in [-0.39, 0.29) is 23.4 Å². The molecule has 3 rings (SSSR count). The van der Waals surface area contributed by atoms with Gasteiger partial charge in [0.05, 0.1) is 17.7 Å². The lowest BCUT2D eigenvalue weighted by molar-refractivity contribution is -0.140. The molecule has 1 N–H and O–H groups in total. The van der Waals surface area contributed by atoms with E-state index in [9.17, 15) is 22.4 Å². The van der Waals surface area contributed by atoms with Gasteiger partial charge in [0.1, 0.15) is 24.2 Å². The number of halogens is 1. The van der Waals surface area contributed by atoms with Crippen molar-refractivity contribution in [2.24, 2.45) is 0 Å². The normalized spacial score (nSPS) is 12.1. The third kappa shape index (κ3) is 7.59. The molecule has 0 aromatic heterocycles. The van der Waals surface area contributed by atoms with Crippen LogP contribution in [-0.4, -0.2) is 50.9 Å². The molecule has 0 radical (unpaired) electrons. The Balaban J connectivity index is 2.05. The van der Waals surface area contributed by atoms with Crippen LogP contribution in [0.15, 0.2) is 77.7 Å². The van der Waals surface area contributed by atoms with Gasteiger partial charge in [0.2, 0.25) is 11.8 Å². The number of sulfonamides is 1. The molecule has 40 heavy (non-hydrogen) atoms. The average molecular weight is 570 g/mol. The number of rotatable bonds is 12. The minimum atomic E-state index is -4.19. The summed E-state index contributed by atoms with van der Waals surface area (Å²) in [6, 6.07) is 17.3. The van der Waals surface area contributed by atoms with Crippen LogP contribution in [0.1, 0.15) is 38.3 Å². The van der Waals surface area contributed by atoms with Crippen LogP contribution >= 0.6 is 0 Å². The predicted octanol–water partition coefficient (Wildman–Crippen LogP) is 4.67. The molecule has 1 atom stereocenters. The Bertz CT molecular complexity index is 1390. The molecule has 10 heteroatoms. The van der Waals surface area contributed by atoms with E-state index in [4.69, 9.17) is 4.74 Å². The smallest absolute Gasteiger partial charge is 0.264 e. The average Bonchev–Trinajstić information content (AvgIpc) is 2.92. The molecule has 0 heterocycles. The highest BCUT2D eigenvalue weighted by molar-refractivity contribution is 7.92. The summed E-state index contributed by atoms with van der Waals surface area (Å²) in [5, 5.41) is 2.85. The molecule has 0 aliphatic rings. The second-order valence-electron chi connectivity index (χ2n) is 9.76. The number of aryl methyl sites for hydroxylation is 1. The lowest BCUT2D eigenvalue weighted by atomic mass is 10.1. The Hall–Kier alpha value is -3.92. The van der Waals surface area contributed by atoms with Gasteiger partial charge in [0.15, 0.2) is 0 Å². The number of nitrogens with zero attached hydrogens (tertiary/aromatic N) is 2. The number of anilines is 1. The summed E-state index contributed by atoms with van der Waals surface area (Å²) in [5.74, 6) is -0.868. The Morgan fingerprint density at radius 1 is 0.950 bits per heavy atom. The van der Waals surface area contributed by atoms with Gasteiger partial charge in [-0.15, -0.1) is 0 Å². The molecule has 214 valence electrons. The van der Waals surface area contributed by atoms with Crippen LogP contribution in [0.4, 0.5) is 10.1 Å². The van der Waals surface area contributed by atoms with E-state index in [1.165, 1.54) is 60.5 Å². The van der Waals surface area contributed by atoms with Crippen molar-refractivity contribution in [3.05, 3.63) is 89.7 Å². The summed E-state index contributed by atoms with van der Waals surface area (Å²) in [6.07, 6.45) is 0.293. The largest absolute Gasteiger partial charge is 0.497 e. The summed E-state index contributed by atoms with van der Waals surface area (Å²) in [7, 11) is -2.71. The van der Waals surface area contributed by atoms with Gasteiger partial charge in [-0.3, -0.25) is 13.9 Å². The van der Waals surface area contributed by atoms with Crippen molar-refractivity contribution in [1.29, 1.82) is 0 Å². The Labute approximate surface area is 235 Å². The van der Waals surface area contributed by atoms with Gasteiger partial charge in [-0.1, -0.05) is 36.8 Å². The first-order valence-electron chi connectivity index (χ1n) is 13.0. The van der Waals surface area contributed by atoms with Gasteiger partial charge >= 0.3 is 0 Å². The monoisotopic (exact) mass is 569 g/mol. The van der Waals surface area contributed by atoms with Crippen molar-refractivity contribution in [3.63, 3.8) is 0 Å². The standard InChI is InChI=1S/C30H36FN3O5S/c1-6-28(30(36)32-21(2)3)33(19-23-9-11-24(31)12-10-23)29(35)20-34(25-13-7-22(4)8-14-25)40(37,38)27-17-15-26(39-5)16-18-27/h7-18,21,28H,6,19-20H2,1-5H3,(H,32,36)/t28-/m1/s1. The first-order chi connectivity index (χ1) is 19.0. The number of amides is 2. The van der Waals surface area contributed by atoms with Crippen molar-refractivity contribution in [3.8, 4) is 5.75 Å². The number of hydrogen-bond donors (Lipinski definition) is 1. The van der Waals surface area contributed by atoms with Crippen LogP contribution in [0.2, 0.25) is 0 Å². The highest BCUT2D eigenvalue weighted by Gasteiger charge is 2.33. The fraction of sp³-hybridized carbons (Fsp3) is 0.333. The van der Waals surface area contributed by atoms with E-state index >= 15 is 0 Å². The van der Waals surface area contributed by atoms with Crippen molar-refractivity contribution in [2.75, 3.05) is 18.0 Å². The van der Waals surface area contributed by atoms with Gasteiger partial charge in [0.25, 0.3) is 10.0 Å². The molecule has 0 saturated heterocycles. The molecule has 0 saturated carbocycles. The maximum Gasteiger partial charge on any atom is 0.264 e. The van der Waals surface area contributed by atoms with Crippen molar-refractivity contribution >= 4 is 27.5 Å². The summed E-state index contributed by atoms with van der Waals surface area (Å²) in [5.41, 5.74) is 1.83. The first kappa shape index (κ1) is 30.6. The van der Waals surface area contributed by atoms with E-state index in [2.05, 4.69) is 5.32 Å². The van der Waals surface area contributed by atoms with Gasteiger partial charge in [-0.25, -0.2) is 12.8 Å². The van der Waals surface area contributed by atoms with Crippen LogP contribution < -0.4 is 14.4 Å². The lowest BCUT2D eigenvalue weighted by Crippen LogP contribution is -2.53. The second kappa shape index (κ2) is 13.4. The van der Waals surface area contributed by atoms with Crippen LogP contribution in [0.25, 0.3) is 0 Å². The summed E-state index contributed by atoms with van der Waals surface area (Å²) >= 11 is 0. The number of benzene rings is 3. The zero-order chi connectivity index (χ0) is 29.4. The molecule has 0 bridgehead atoms. The quantitative estimate of drug-likeness (QED) is 0.342. The second-order valence-corrected chi connectivity index (χ2v) is 11.6. The topological polar surface area (TPSA) is 96.0 Å². The van der Waals surface area contributed by atoms with Crippen LogP contribution in [0.3, 0.4) is 0 Å². The molecule has 8 nitrogen and oxygen atoms in total. The summed E-state index contributed by atoms with van der Waals surface area (Å²) in [6.45, 7) is 6.73. The van der Waals surface area contributed by atoms with E-state index < -0.39 is 34.3 Å². The van der Waals surface area contributed by atoms with Crippen molar-refractivity contribution in [2.45, 2.75) is 57.6 Å². The molecule has 0 fully saturated rings. The van der Waals surface area contributed by atoms with E-state index in [1.54, 1.807) is 31.2 Å². The van der Waals surface area contributed by atoms with Gasteiger partial charge in [0, 0.05) is 12.6 Å².